The molecule has 0 saturated carbocycles. The van der Waals surface area contributed by atoms with Gasteiger partial charge in [-0.1, -0.05) is 0 Å². The van der Waals surface area contributed by atoms with Crippen LogP contribution in [0.15, 0.2) is 12.2 Å². The Hall–Kier alpha value is -0.521. The molecule has 0 radical (unpaired) electrons. The fourth-order valence-electron chi connectivity index (χ4n) is 1.13. The average Bonchev–Trinajstić information content (AvgIpc) is 2.26. The van der Waals surface area contributed by atoms with Crippen molar-refractivity contribution in [1.82, 2.24) is 0 Å². The van der Waals surface area contributed by atoms with Crippen molar-refractivity contribution in [2.24, 2.45) is 0 Å². The summed E-state index contributed by atoms with van der Waals surface area (Å²) in [6, 6.07) is 0. The molecule has 1 heterocycles. The van der Waals surface area contributed by atoms with Gasteiger partial charge < -0.3 is 0 Å². The van der Waals surface area contributed by atoms with E-state index in [2.05, 4.69) is 0 Å². The normalized spacial score (nSPS) is 20.5. The van der Waals surface area contributed by atoms with Crippen molar-refractivity contribution < 1.29 is 15.7 Å². The second-order valence-corrected chi connectivity index (χ2v) is 13.2. The molecule has 0 aromatic rings. The number of hydrogen-bond acceptors (Lipinski definition) is 4. The summed E-state index contributed by atoms with van der Waals surface area (Å²) in [6.07, 6.45) is 2.26. The molecular weight excluding hydrogens is 279 g/mol. The van der Waals surface area contributed by atoms with Crippen molar-refractivity contribution in [1.29, 1.82) is 0 Å². The van der Waals surface area contributed by atoms with E-state index in [1.54, 1.807) is 0 Å². The molecule has 0 fully saturated rings. The van der Waals surface area contributed by atoms with E-state index in [-0.39, 0.29) is 0 Å². The predicted octanol–water partition coefficient (Wildman–Crippen LogP) is 1.12. The predicted molar refractivity (Wildman–Crippen MR) is 48.0 cm³/mol. The van der Waals surface area contributed by atoms with Gasteiger partial charge in [0.15, 0.2) is 0 Å². The topological polar surface area (TPSA) is 52.6 Å². The van der Waals surface area contributed by atoms with Crippen LogP contribution in [0.25, 0.3) is 0 Å². The summed E-state index contributed by atoms with van der Waals surface area (Å²) in [7, 11) is 0. The minimum absolute atomic E-state index is 0.439. The Balaban J connectivity index is 2.88. The van der Waals surface area contributed by atoms with Gasteiger partial charge in [0, 0.05) is 0 Å². The summed E-state index contributed by atoms with van der Waals surface area (Å²) in [5.74, 6) is -0.879. The zero-order valence-corrected chi connectivity index (χ0v) is 10.6. The van der Waals surface area contributed by atoms with Crippen molar-refractivity contribution >= 4 is 31.1 Å². The van der Waals surface area contributed by atoms with Gasteiger partial charge in [-0.2, -0.15) is 0 Å². The van der Waals surface area contributed by atoms with Crippen LogP contribution >= 0.6 is 0 Å². The average molecular weight is 291 g/mol. The van der Waals surface area contributed by atoms with Crippen molar-refractivity contribution in [2.45, 2.75) is 22.7 Å². The van der Waals surface area contributed by atoms with Gasteiger partial charge >= 0.3 is 81.8 Å². The van der Waals surface area contributed by atoms with Crippen molar-refractivity contribution in [2.75, 3.05) is 0 Å². The fourth-order valence-corrected chi connectivity index (χ4v) is 6.81. The Bertz CT molecular complexity index is 233. The summed E-state index contributed by atoms with van der Waals surface area (Å²) in [5, 5.41) is 0. The Morgan fingerprint density at radius 3 is 1.77 bits per heavy atom. The second kappa shape index (κ2) is 4.13. The second-order valence-electron chi connectivity index (χ2n) is 2.79. The maximum absolute atomic E-state index is 11.1. The van der Waals surface area contributed by atoms with Crippen molar-refractivity contribution in [3.63, 3.8) is 0 Å². The van der Waals surface area contributed by atoms with Crippen molar-refractivity contribution in [3.8, 4) is 0 Å². The first-order chi connectivity index (χ1) is 6.12. The van der Waals surface area contributed by atoms with Crippen LogP contribution in [0.2, 0.25) is 8.87 Å². The van der Waals surface area contributed by atoms with Crippen LogP contribution in [-0.4, -0.2) is 31.1 Å². The third-order valence-corrected chi connectivity index (χ3v) is 11.4. The van der Waals surface area contributed by atoms with Gasteiger partial charge in [-0.05, 0) is 0 Å². The van der Waals surface area contributed by atoms with Crippen LogP contribution < -0.4 is 0 Å². The molecule has 0 bridgehead atoms. The van der Waals surface area contributed by atoms with Gasteiger partial charge in [0.25, 0.3) is 0 Å². The fraction of sp³-hybridized carbons (Fsp3) is 0.500. The SMILES string of the molecule is C[CH2][Sn]1([CH2]C)[O]C(=O)C=CC(=O)[O]1. The standard InChI is InChI=1S/C4H4O4.2C2H5.Sn/c5-3(6)1-2-4(7)8;2*1-2;/h1-2H,(H,5,6)(H,7,8);2*1H2,2H3;/q;;;+2/p-2. The van der Waals surface area contributed by atoms with Crippen LogP contribution in [0.1, 0.15) is 13.8 Å². The first-order valence-corrected chi connectivity index (χ1v) is 10.6. The third kappa shape index (κ3) is 2.46. The van der Waals surface area contributed by atoms with Crippen LogP contribution in [0.5, 0.6) is 0 Å². The molecule has 1 rings (SSSR count). The molecule has 0 aromatic heterocycles. The van der Waals surface area contributed by atoms with E-state index < -0.39 is 31.1 Å². The first-order valence-electron chi connectivity index (χ1n) is 4.26. The molecule has 1 aliphatic heterocycles. The van der Waals surface area contributed by atoms with E-state index in [0.717, 1.165) is 12.2 Å². The molecule has 5 heteroatoms. The van der Waals surface area contributed by atoms with Crippen LogP contribution in [0, 0.1) is 0 Å². The summed E-state index contributed by atoms with van der Waals surface area (Å²) in [5.41, 5.74) is 0. The van der Waals surface area contributed by atoms with Crippen molar-refractivity contribution in [3.05, 3.63) is 12.2 Å². The summed E-state index contributed by atoms with van der Waals surface area (Å²) in [6.45, 7) is 3.79. The van der Waals surface area contributed by atoms with Crippen LogP contribution in [0.4, 0.5) is 0 Å². The van der Waals surface area contributed by atoms with Crippen LogP contribution in [-0.2, 0) is 15.7 Å². The summed E-state index contributed by atoms with van der Waals surface area (Å²) < 4.78 is 11.8. The van der Waals surface area contributed by atoms with Crippen LogP contribution in [0.3, 0.4) is 0 Å². The summed E-state index contributed by atoms with van der Waals surface area (Å²) >= 11 is -3.34. The summed E-state index contributed by atoms with van der Waals surface area (Å²) in [4.78, 5) is 22.1. The van der Waals surface area contributed by atoms with E-state index in [9.17, 15) is 9.59 Å². The Kier molecular flexibility index (Phi) is 3.35. The molecule has 0 aliphatic carbocycles. The number of rotatable bonds is 2. The molecule has 0 atom stereocenters. The van der Waals surface area contributed by atoms with Gasteiger partial charge in [0.2, 0.25) is 0 Å². The van der Waals surface area contributed by atoms with Gasteiger partial charge in [-0.15, -0.1) is 0 Å². The molecule has 0 aromatic carbocycles. The molecule has 0 N–H and O–H groups in total. The van der Waals surface area contributed by atoms with E-state index in [1.807, 2.05) is 13.8 Å². The Morgan fingerprint density at radius 1 is 1.08 bits per heavy atom. The van der Waals surface area contributed by atoms with E-state index in [1.165, 1.54) is 0 Å². The number of hydrogen-bond donors (Lipinski definition) is 0. The number of carbonyl (C=O) groups excluding carboxylic acids is 2. The Morgan fingerprint density at radius 2 is 1.46 bits per heavy atom. The number of carbonyl (C=O) groups is 2. The van der Waals surface area contributed by atoms with Gasteiger partial charge in [-0.3, -0.25) is 0 Å². The molecule has 13 heavy (non-hydrogen) atoms. The van der Waals surface area contributed by atoms with E-state index >= 15 is 0 Å². The molecule has 0 unspecified atom stereocenters. The maximum atomic E-state index is 11.1. The molecular formula is C8H12O4Sn. The molecule has 1 aliphatic rings. The molecule has 0 saturated heterocycles. The Labute approximate surface area is 81.9 Å². The molecule has 0 amide bonds. The third-order valence-electron chi connectivity index (χ3n) is 2.01. The minimum atomic E-state index is -3.34. The van der Waals surface area contributed by atoms with E-state index in [4.69, 9.17) is 6.15 Å². The molecule has 4 nitrogen and oxygen atoms in total. The zero-order chi connectivity index (χ0) is 9.90. The van der Waals surface area contributed by atoms with Gasteiger partial charge in [0.05, 0.1) is 0 Å². The van der Waals surface area contributed by atoms with E-state index in [0.29, 0.717) is 8.87 Å². The first kappa shape index (κ1) is 10.6. The quantitative estimate of drug-likeness (QED) is 0.715. The van der Waals surface area contributed by atoms with Gasteiger partial charge in [-0.25, -0.2) is 0 Å². The molecule has 0 spiro atoms. The monoisotopic (exact) mass is 292 g/mol. The molecule has 72 valence electrons. The zero-order valence-electron chi connectivity index (χ0n) is 7.70. The van der Waals surface area contributed by atoms with Gasteiger partial charge in [0.1, 0.15) is 0 Å².